The van der Waals surface area contributed by atoms with E-state index in [0.29, 0.717) is 5.92 Å². The third-order valence-electron chi connectivity index (χ3n) is 3.04. The molecular formula is C14H18N2O2. The van der Waals surface area contributed by atoms with Crippen LogP contribution in [0.4, 0.5) is 0 Å². The minimum absolute atomic E-state index is 0.0908. The smallest absolute Gasteiger partial charge is 0.174 e. The quantitative estimate of drug-likeness (QED) is 0.830. The van der Waals surface area contributed by atoms with Crippen LogP contribution in [-0.2, 0) is 11.3 Å². The van der Waals surface area contributed by atoms with E-state index in [2.05, 4.69) is 5.32 Å². The number of hydrogen-bond donors (Lipinski definition) is 1. The highest BCUT2D eigenvalue weighted by molar-refractivity contribution is 5.33. The molecule has 1 fully saturated rings. The van der Waals surface area contributed by atoms with Crippen molar-refractivity contribution < 1.29 is 9.47 Å². The zero-order valence-corrected chi connectivity index (χ0v) is 10.4. The molecule has 18 heavy (non-hydrogen) atoms. The molecule has 0 spiro atoms. The molecule has 96 valence electrons. The normalized spacial score (nSPS) is 18.5. The van der Waals surface area contributed by atoms with Crippen molar-refractivity contribution in [3.8, 4) is 11.8 Å². The number of nitrogens with zero attached hydrogens (tertiary/aromatic N) is 1. The Morgan fingerprint density at radius 3 is 3.11 bits per heavy atom. The maximum atomic E-state index is 8.53. The van der Waals surface area contributed by atoms with Crippen LogP contribution in [0.5, 0.6) is 5.75 Å². The number of ether oxygens (including phenoxy) is 2. The molecule has 0 saturated carbocycles. The van der Waals surface area contributed by atoms with E-state index in [4.69, 9.17) is 14.7 Å². The van der Waals surface area contributed by atoms with Crippen molar-refractivity contribution in [2.45, 2.75) is 13.0 Å². The Kier molecular flexibility index (Phi) is 5.00. The SMILES string of the molecule is N#CCOc1ccccc1CNCC1CCOC1. The van der Waals surface area contributed by atoms with Gasteiger partial charge in [-0.25, -0.2) is 0 Å². The van der Waals surface area contributed by atoms with Gasteiger partial charge in [-0.3, -0.25) is 0 Å². The number of para-hydroxylation sites is 1. The van der Waals surface area contributed by atoms with Gasteiger partial charge >= 0.3 is 0 Å². The lowest BCUT2D eigenvalue weighted by Gasteiger charge is -2.12. The summed E-state index contributed by atoms with van der Waals surface area (Å²) in [4.78, 5) is 0. The van der Waals surface area contributed by atoms with Crippen LogP contribution in [0.2, 0.25) is 0 Å². The van der Waals surface area contributed by atoms with Crippen molar-refractivity contribution in [3.63, 3.8) is 0 Å². The van der Waals surface area contributed by atoms with Gasteiger partial charge in [0.15, 0.2) is 6.61 Å². The average molecular weight is 246 g/mol. The van der Waals surface area contributed by atoms with E-state index in [1.807, 2.05) is 30.3 Å². The van der Waals surface area contributed by atoms with Gasteiger partial charge in [-0.1, -0.05) is 18.2 Å². The Bertz CT molecular complexity index is 409. The molecule has 0 aliphatic carbocycles. The number of nitrogens with one attached hydrogen (secondary N) is 1. The van der Waals surface area contributed by atoms with Crippen molar-refractivity contribution in [1.82, 2.24) is 5.32 Å². The van der Waals surface area contributed by atoms with E-state index in [1.165, 1.54) is 0 Å². The van der Waals surface area contributed by atoms with E-state index in [-0.39, 0.29) is 6.61 Å². The predicted molar refractivity (Wildman–Crippen MR) is 68.2 cm³/mol. The largest absolute Gasteiger partial charge is 0.478 e. The molecule has 0 radical (unpaired) electrons. The van der Waals surface area contributed by atoms with E-state index in [1.54, 1.807) is 0 Å². The van der Waals surface area contributed by atoms with Gasteiger partial charge in [0.25, 0.3) is 0 Å². The lowest BCUT2D eigenvalue weighted by Crippen LogP contribution is -2.22. The molecule has 1 heterocycles. The predicted octanol–water partition coefficient (Wildman–Crippen LogP) is 1.72. The summed E-state index contributed by atoms with van der Waals surface area (Å²) >= 11 is 0. The summed E-state index contributed by atoms with van der Waals surface area (Å²) in [5, 5.41) is 12.0. The molecule has 1 atom stereocenters. The van der Waals surface area contributed by atoms with Crippen molar-refractivity contribution in [2.24, 2.45) is 5.92 Å². The van der Waals surface area contributed by atoms with Gasteiger partial charge in [0.05, 0.1) is 6.61 Å². The van der Waals surface area contributed by atoms with E-state index < -0.39 is 0 Å². The van der Waals surface area contributed by atoms with Crippen LogP contribution in [-0.4, -0.2) is 26.4 Å². The fourth-order valence-electron chi connectivity index (χ4n) is 2.06. The van der Waals surface area contributed by atoms with Crippen LogP contribution in [0.3, 0.4) is 0 Å². The first-order valence-corrected chi connectivity index (χ1v) is 6.26. The summed E-state index contributed by atoms with van der Waals surface area (Å²) in [6.07, 6.45) is 1.14. The van der Waals surface area contributed by atoms with E-state index in [0.717, 1.165) is 44.0 Å². The summed E-state index contributed by atoms with van der Waals surface area (Å²) in [7, 11) is 0. The molecule has 1 N–H and O–H groups in total. The Labute approximate surface area is 108 Å². The van der Waals surface area contributed by atoms with E-state index in [9.17, 15) is 0 Å². The fourth-order valence-corrected chi connectivity index (χ4v) is 2.06. The van der Waals surface area contributed by atoms with Crippen molar-refractivity contribution >= 4 is 0 Å². The molecule has 1 aliphatic heterocycles. The molecule has 4 nitrogen and oxygen atoms in total. The topological polar surface area (TPSA) is 54.3 Å². The molecule has 0 aromatic heterocycles. The first-order chi connectivity index (χ1) is 8.90. The molecule has 0 amide bonds. The second kappa shape index (κ2) is 7.00. The lowest BCUT2D eigenvalue weighted by atomic mass is 10.1. The summed E-state index contributed by atoms with van der Waals surface area (Å²) in [5.74, 6) is 1.41. The molecule has 2 rings (SSSR count). The Balaban J connectivity index is 1.82. The molecular weight excluding hydrogens is 228 g/mol. The van der Waals surface area contributed by atoms with Crippen molar-refractivity contribution in [2.75, 3.05) is 26.4 Å². The summed E-state index contributed by atoms with van der Waals surface area (Å²) < 4.78 is 10.7. The first kappa shape index (κ1) is 12.9. The Hall–Kier alpha value is -1.57. The average Bonchev–Trinajstić information content (AvgIpc) is 2.91. The van der Waals surface area contributed by atoms with Crippen LogP contribution in [0.25, 0.3) is 0 Å². The molecule has 0 bridgehead atoms. The van der Waals surface area contributed by atoms with Crippen molar-refractivity contribution in [3.05, 3.63) is 29.8 Å². The molecule has 1 aromatic carbocycles. The number of nitriles is 1. The molecule has 1 unspecified atom stereocenters. The molecule has 4 heteroatoms. The van der Waals surface area contributed by atoms with Crippen LogP contribution in [0.1, 0.15) is 12.0 Å². The Morgan fingerprint density at radius 2 is 2.33 bits per heavy atom. The van der Waals surface area contributed by atoms with Crippen LogP contribution >= 0.6 is 0 Å². The first-order valence-electron chi connectivity index (χ1n) is 6.26. The van der Waals surface area contributed by atoms with Gasteiger partial charge in [0.2, 0.25) is 0 Å². The van der Waals surface area contributed by atoms with Gasteiger partial charge in [-0.15, -0.1) is 0 Å². The summed E-state index contributed by atoms with van der Waals surface area (Å²) in [6, 6.07) is 9.80. The number of hydrogen-bond acceptors (Lipinski definition) is 4. The molecule has 1 saturated heterocycles. The molecule has 1 aromatic rings. The maximum absolute atomic E-state index is 8.53. The zero-order valence-electron chi connectivity index (χ0n) is 10.4. The third kappa shape index (κ3) is 3.73. The highest BCUT2D eigenvalue weighted by Crippen LogP contribution is 2.18. The van der Waals surface area contributed by atoms with Crippen LogP contribution < -0.4 is 10.1 Å². The van der Waals surface area contributed by atoms with Crippen LogP contribution in [0, 0.1) is 17.2 Å². The summed E-state index contributed by atoms with van der Waals surface area (Å²) in [6.45, 7) is 3.56. The van der Waals surface area contributed by atoms with Gasteiger partial charge < -0.3 is 14.8 Å². The molecule has 1 aliphatic rings. The zero-order chi connectivity index (χ0) is 12.6. The van der Waals surface area contributed by atoms with Gasteiger partial charge in [-0.2, -0.15) is 5.26 Å². The number of benzene rings is 1. The monoisotopic (exact) mass is 246 g/mol. The standard InChI is InChI=1S/C14H18N2O2/c15-6-8-18-14-4-2-1-3-13(14)10-16-9-12-5-7-17-11-12/h1-4,12,16H,5,7-11H2. The fraction of sp³-hybridized carbons (Fsp3) is 0.500. The van der Waals surface area contributed by atoms with Crippen molar-refractivity contribution in [1.29, 1.82) is 5.26 Å². The highest BCUT2D eigenvalue weighted by atomic mass is 16.5. The Morgan fingerprint density at radius 1 is 1.44 bits per heavy atom. The van der Waals surface area contributed by atoms with Crippen LogP contribution in [0.15, 0.2) is 24.3 Å². The second-order valence-corrected chi connectivity index (χ2v) is 4.42. The van der Waals surface area contributed by atoms with Gasteiger partial charge in [0.1, 0.15) is 11.8 Å². The minimum atomic E-state index is 0.0908. The number of rotatable bonds is 6. The van der Waals surface area contributed by atoms with Gasteiger partial charge in [0, 0.05) is 25.3 Å². The summed E-state index contributed by atoms with van der Waals surface area (Å²) in [5.41, 5.74) is 1.09. The maximum Gasteiger partial charge on any atom is 0.174 e. The third-order valence-corrected chi connectivity index (χ3v) is 3.04. The second-order valence-electron chi connectivity index (χ2n) is 4.42. The highest BCUT2D eigenvalue weighted by Gasteiger charge is 2.14. The van der Waals surface area contributed by atoms with Gasteiger partial charge in [-0.05, 0) is 18.4 Å². The van der Waals surface area contributed by atoms with E-state index >= 15 is 0 Å². The minimum Gasteiger partial charge on any atom is -0.478 e. The lowest BCUT2D eigenvalue weighted by molar-refractivity contribution is 0.185.